The molecule has 7 rings (SSSR count). The van der Waals surface area contributed by atoms with Gasteiger partial charge in [-0.1, -0.05) is 133 Å². The van der Waals surface area contributed by atoms with E-state index in [4.69, 9.17) is 9.47 Å². The lowest BCUT2D eigenvalue weighted by molar-refractivity contribution is 0.134. The Hall–Kier alpha value is -4.62. The summed E-state index contributed by atoms with van der Waals surface area (Å²) in [5, 5.41) is 13.0. The van der Waals surface area contributed by atoms with Gasteiger partial charge >= 0.3 is 0 Å². The second-order valence-electron chi connectivity index (χ2n) is 11.7. The van der Waals surface area contributed by atoms with Gasteiger partial charge in [-0.3, -0.25) is 0 Å². The largest absolute Gasteiger partial charge is 0.490 e. The smallest absolute Gasteiger partial charge is 0.129 e. The molecule has 0 aliphatic carbocycles. The molecular weight excluding hydrogens is 614 g/mol. The lowest BCUT2D eigenvalue weighted by Gasteiger charge is -2.27. The molecule has 234 valence electrons. The standard InChI is InChI=1S/C41H38N2O2P2/c1-30-29-31(2)45-39-28-16-26-37(43-47(34-21-11-5-12-22-34)35-23-13-6-14-24-35)41(39)40-36(25-15-27-38(40)44-30)42-46(32-17-7-3-8-18-32)33-19-9-4-10-20-33/h3-28,30-31,42-43H,29H2,1-2H3/t30-,31-/m1/s1. The molecule has 6 aromatic carbocycles. The highest BCUT2D eigenvalue weighted by Gasteiger charge is 2.28. The average Bonchev–Trinajstić information content (AvgIpc) is 3.16. The Morgan fingerprint density at radius 2 is 0.745 bits per heavy atom. The number of rotatable bonds is 8. The van der Waals surface area contributed by atoms with Gasteiger partial charge in [-0.2, -0.15) is 0 Å². The van der Waals surface area contributed by atoms with Gasteiger partial charge in [0.05, 0.1) is 39.5 Å². The summed E-state index contributed by atoms with van der Waals surface area (Å²) >= 11 is 0. The van der Waals surface area contributed by atoms with Crippen LogP contribution in [0.3, 0.4) is 0 Å². The molecule has 0 radical (unpaired) electrons. The molecule has 0 bridgehead atoms. The van der Waals surface area contributed by atoms with E-state index in [-0.39, 0.29) is 12.2 Å². The number of hydrogen-bond donors (Lipinski definition) is 2. The van der Waals surface area contributed by atoms with Gasteiger partial charge in [0.25, 0.3) is 0 Å². The van der Waals surface area contributed by atoms with E-state index in [0.717, 1.165) is 40.4 Å². The number of hydrogen-bond acceptors (Lipinski definition) is 4. The third-order valence-electron chi connectivity index (χ3n) is 8.14. The molecule has 2 N–H and O–H groups in total. The van der Waals surface area contributed by atoms with Crippen molar-refractivity contribution in [1.82, 2.24) is 0 Å². The molecule has 2 atom stereocenters. The maximum absolute atomic E-state index is 6.77. The van der Waals surface area contributed by atoms with Gasteiger partial charge in [0.1, 0.15) is 11.5 Å². The Labute approximate surface area is 280 Å². The van der Waals surface area contributed by atoms with Gasteiger partial charge in [-0.15, -0.1) is 0 Å². The molecule has 4 nitrogen and oxygen atoms in total. The van der Waals surface area contributed by atoms with E-state index in [1.807, 2.05) is 0 Å². The highest BCUT2D eigenvalue weighted by molar-refractivity contribution is 7.74. The molecule has 6 heteroatoms. The molecule has 1 aliphatic heterocycles. The van der Waals surface area contributed by atoms with Crippen molar-refractivity contribution in [2.75, 3.05) is 10.2 Å². The minimum Gasteiger partial charge on any atom is -0.490 e. The van der Waals surface area contributed by atoms with Crippen molar-refractivity contribution < 1.29 is 9.47 Å². The predicted molar refractivity (Wildman–Crippen MR) is 202 cm³/mol. The van der Waals surface area contributed by atoms with Gasteiger partial charge < -0.3 is 19.6 Å². The Bertz CT molecular complexity index is 1690. The molecular formula is C41H38N2O2P2. The van der Waals surface area contributed by atoms with Crippen LogP contribution in [0.4, 0.5) is 11.4 Å². The van der Waals surface area contributed by atoms with Crippen LogP contribution in [0.5, 0.6) is 11.5 Å². The minimum atomic E-state index is -0.935. The van der Waals surface area contributed by atoms with E-state index < -0.39 is 16.1 Å². The van der Waals surface area contributed by atoms with Crippen LogP contribution in [-0.4, -0.2) is 12.2 Å². The van der Waals surface area contributed by atoms with Gasteiger partial charge in [-0.25, -0.2) is 0 Å². The van der Waals surface area contributed by atoms with Gasteiger partial charge in [0, 0.05) is 39.0 Å². The average molecular weight is 653 g/mol. The number of anilines is 2. The number of nitrogens with one attached hydrogen (secondary N) is 2. The van der Waals surface area contributed by atoms with E-state index in [2.05, 4.69) is 182 Å². The number of benzene rings is 6. The van der Waals surface area contributed by atoms with Crippen molar-refractivity contribution in [3.05, 3.63) is 158 Å². The maximum atomic E-state index is 6.77. The molecule has 1 aliphatic rings. The van der Waals surface area contributed by atoms with Crippen molar-refractivity contribution in [1.29, 1.82) is 0 Å². The first-order valence-electron chi connectivity index (χ1n) is 16.1. The third-order valence-corrected chi connectivity index (χ3v) is 12.3. The normalized spacial score (nSPS) is 15.7. The quantitative estimate of drug-likeness (QED) is 0.161. The molecule has 1 heterocycles. The second-order valence-corrected chi connectivity index (χ2v) is 15.5. The van der Waals surface area contributed by atoms with E-state index in [1.165, 1.54) is 21.2 Å². The summed E-state index contributed by atoms with van der Waals surface area (Å²) in [6, 6.07) is 55.6. The lowest BCUT2D eigenvalue weighted by atomic mass is 9.99. The predicted octanol–water partition coefficient (Wildman–Crippen LogP) is 9.21. The van der Waals surface area contributed by atoms with Gasteiger partial charge in [0.2, 0.25) is 0 Å². The van der Waals surface area contributed by atoms with Crippen LogP contribution in [0, 0.1) is 0 Å². The van der Waals surface area contributed by atoms with Crippen molar-refractivity contribution >= 4 is 48.7 Å². The monoisotopic (exact) mass is 652 g/mol. The number of fused-ring (bicyclic) bond motifs is 3. The molecule has 0 amide bonds. The fraction of sp³-hybridized carbons (Fsp3) is 0.122. The molecule has 0 unspecified atom stereocenters. The lowest BCUT2D eigenvalue weighted by Crippen LogP contribution is -2.22. The minimum absolute atomic E-state index is 0.0276. The van der Waals surface area contributed by atoms with Crippen LogP contribution in [0.25, 0.3) is 11.1 Å². The van der Waals surface area contributed by atoms with Crippen LogP contribution in [-0.2, 0) is 0 Å². The zero-order chi connectivity index (χ0) is 32.0. The summed E-state index contributed by atoms with van der Waals surface area (Å²) in [5.74, 6) is 1.69. The summed E-state index contributed by atoms with van der Waals surface area (Å²) in [6.07, 6.45) is 0.718. The van der Waals surface area contributed by atoms with E-state index in [9.17, 15) is 0 Å². The molecule has 0 spiro atoms. The van der Waals surface area contributed by atoms with Crippen LogP contribution in [0.15, 0.2) is 158 Å². The van der Waals surface area contributed by atoms with E-state index in [0.29, 0.717) is 0 Å². The fourth-order valence-electron chi connectivity index (χ4n) is 6.06. The van der Waals surface area contributed by atoms with Crippen molar-refractivity contribution in [3.8, 4) is 22.6 Å². The first kappa shape index (κ1) is 31.0. The SMILES string of the molecule is C[C@@H]1C[C@@H](C)Oc2cccc(NP(c3ccccc3)c3ccccc3)c2-c2c(NP(c3ccccc3)c3ccccc3)cccc2O1. The van der Waals surface area contributed by atoms with Crippen LogP contribution >= 0.6 is 16.1 Å². The van der Waals surface area contributed by atoms with Crippen LogP contribution < -0.4 is 40.9 Å². The topological polar surface area (TPSA) is 42.5 Å². The highest BCUT2D eigenvalue weighted by atomic mass is 31.1. The number of ether oxygens (including phenoxy) is 2. The van der Waals surface area contributed by atoms with Crippen LogP contribution in [0.1, 0.15) is 20.3 Å². The second kappa shape index (κ2) is 14.4. The fourth-order valence-corrected chi connectivity index (χ4v) is 9.91. The van der Waals surface area contributed by atoms with Crippen molar-refractivity contribution in [3.63, 3.8) is 0 Å². The van der Waals surface area contributed by atoms with Gasteiger partial charge in [0.15, 0.2) is 0 Å². The molecule has 47 heavy (non-hydrogen) atoms. The van der Waals surface area contributed by atoms with E-state index in [1.54, 1.807) is 0 Å². The summed E-state index contributed by atoms with van der Waals surface area (Å²) in [6.45, 7) is 4.26. The first-order valence-corrected chi connectivity index (χ1v) is 18.8. The maximum Gasteiger partial charge on any atom is 0.129 e. The van der Waals surface area contributed by atoms with Crippen molar-refractivity contribution in [2.45, 2.75) is 32.5 Å². The molecule has 0 fully saturated rings. The molecule has 0 saturated heterocycles. The zero-order valence-electron chi connectivity index (χ0n) is 26.6. The molecule has 0 saturated carbocycles. The zero-order valence-corrected chi connectivity index (χ0v) is 28.4. The Kier molecular flexibility index (Phi) is 9.52. The Morgan fingerprint density at radius 1 is 0.426 bits per heavy atom. The van der Waals surface area contributed by atoms with Gasteiger partial charge in [-0.05, 0) is 38.1 Å². The third kappa shape index (κ3) is 7.05. The van der Waals surface area contributed by atoms with Crippen LogP contribution in [0.2, 0.25) is 0 Å². The molecule has 6 aromatic rings. The highest BCUT2D eigenvalue weighted by Crippen LogP contribution is 2.51. The summed E-state index contributed by atoms with van der Waals surface area (Å²) in [4.78, 5) is 0. The van der Waals surface area contributed by atoms with E-state index >= 15 is 0 Å². The summed E-state index contributed by atoms with van der Waals surface area (Å²) < 4.78 is 13.5. The Morgan fingerprint density at radius 3 is 1.06 bits per heavy atom. The molecule has 0 aromatic heterocycles. The van der Waals surface area contributed by atoms with Crippen molar-refractivity contribution in [2.24, 2.45) is 0 Å². The Balaban J connectivity index is 1.42. The summed E-state index contributed by atoms with van der Waals surface area (Å²) in [7, 11) is -1.87. The summed E-state index contributed by atoms with van der Waals surface area (Å²) in [5.41, 5.74) is 4.01. The first-order chi connectivity index (χ1) is 23.1.